The van der Waals surface area contributed by atoms with E-state index in [0.717, 1.165) is 47.0 Å². The molecule has 4 aromatic rings. The molecule has 0 radical (unpaired) electrons. The predicted molar refractivity (Wildman–Crippen MR) is 131 cm³/mol. The van der Waals surface area contributed by atoms with E-state index in [1.54, 1.807) is 35.1 Å². The molecular formula is C24H21N3O4S2. The third-order valence-corrected chi connectivity index (χ3v) is 7.95. The number of hydrogen-bond donors (Lipinski definition) is 0. The zero-order valence-corrected chi connectivity index (χ0v) is 19.6. The highest BCUT2D eigenvalue weighted by molar-refractivity contribution is 7.98. The number of nitro benzene ring substituents is 1. The Morgan fingerprint density at radius 3 is 2.82 bits per heavy atom. The average Bonchev–Trinajstić information content (AvgIpc) is 3.21. The van der Waals surface area contributed by atoms with Crippen LogP contribution in [0.3, 0.4) is 0 Å². The third-order valence-electron chi connectivity index (χ3n) is 5.76. The monoisotopic (exact) mass is 479 g/mol. The second kappa shape index (κ2) is 8.99. The largest absolute Gasteiger partial charge is 0.497 e. The van der Waals surface area contributed by atoms with Crippen LogP contribution in [0.15, 0.2) is 58.5 Å². The predicted octanol–water partition coefficient (Wildman–Crippen LogP) is 5.54. The molecule has 0 unspecified atom stereocenters. The van der Waals surface area contributed by atoms with Crippen molar-refractivity contribution in [3.63, 3.8) is 0 Å². The molecule has 33 heavy (non-hydrogen) atoms. The lowest BCUT2D eigenvalue weighted by atomic mass is 9.97. The van der Waals surface area contributed by atoms with Crippen molar-refractivity contribution in [2.75, 3.05) is 7.11 Å². The van der Waals surface area contributed by atoms with E-state index >= 15 is 0 Å². The van der Waals surface area contributed by atoms with Gasteiger partial charge in [-0.25, -0.2) is 4.98 Å². The molecule has 2 heterocycles. The number of non-ortho nitro benzene ring substituents is 1. The lowest BCUT2D eigenvalue weighted by Crippen LogP contribution is -2.22. The number of benzene rings is 2. The van der Waals surface area contributed by atoms with Crippen molar-refractivity contribution in [2.45, 2.75) is 36.6 Å². The van der Waals surface area contributed by atoms with Crippen LogP contribution in [0.4, 0.5) is 5.69 Å². The van der Waals surface area contributed by atoms with Gasteiger partial charge >= 0.3 is 0 Å². The van der Waals surface area contributed by atoms with E-state index in [0.29, 0.717) is 22.3 Å². The summed E-state index contributed by atoms with van der Waals surface area (Å²) in [6.45, 7) is 0. The number of hydrogen-bond acceptors (Lipinski definition) is 7. The molecular weight excluding hydrogens is 458 g/mol. The van der Waals surface area contributed by atoms with Crippen LogP contribution in [0, 0.1) is 10.1 Å². The first-order valence-corrected chi connectivity index (χ1v) is 12.4. The number of aromatic nitrogens is 2. The molecule has 0 aliphatic heterocycles. The van der Waals surface area contributed by atoms with E-state index in [1.807, 2.05) is 30.3 Å². The fourth-order valence-corrected chi connectivity index (χ4v) is 6.43. The van der Waals surface area contributed by atoms with Crippen molar-refractivity contribution in [3.8, 4) is 11.4 Å². The molecule has 2 aromatic carbocycles. The first-order chi connectivity index (χ1) is 16.0. The SMILES string of the molecule is COc1cccc(-n2c(SCc3cccc([N+](=O)[O-])c3)nc3sc4c(c3c2=O)CCCC4)c1. The molecule has 9 heteroatoms. The summed E-state index contributed by atoms with van der Waals surface area (Å²) in [4.78, 5) is 31.5. The number of nitrogens with zero attached hydrogens (tertiary/aromatic N) is 3. The summed E-state index contributed by atoms with van der Waals surface area (Å²) in [6.07, 6.45) is 4.12. The van der Waals surface area contributed by atoms with Gasteiger partial charge in [0.25, 0.3) is 11.2 Å². The van der Waals surface area contributed by atoms with E-state index in [4.69, 9.17) is 9.72 Å². The summed E-state index contributed by atoms with van der Waals surface area (Å²) in [5.74, 6) is 1.11. The first kappa shape index (κ1) is 21.7. The standard InChI is InChI=1S/C24H21N3O4S2/c1-31-18-9-5-7-16(13-18)26-23(28)21-19-10-2-3-11-20(19)33-22(21)25-24(26)32-14-15-6-4-8-17(12-15)27(29)30/h4-9,12-13H,2-3,10-11,14H2,1H3. The fourth-order valence-electron chi connectivity index (χ4n) is 4.17. The highest BCUT2D eigenvalue weighted by atomic mass is 32.2. The second-order valence-corrected chi connectivity index (χ2v) is 9.87. The minimum absolute atomic E-state index is 0.0487. The van der Waals surface area contributed by atoms with Crippen molar-refractivity contribution in [2.24, 2.45) is 0 Å². The van der Waals surface area contributed by atoms with Gasteiger partial charge in [-0.05, 0) is 48.9 Å². The van der Waals surface area contributed by atoms with Crippen molar-refractivity contribution in [1.82, 2.24) is 9.55 Å². The van der Waals surface area contributed by atoms with Gasteiger partial charge in [0, 0.05) is 28.8 Å². The van der Waals surface area contributed by atoms with E-state index in [1.165, 1.54) is 22.7 Å². The number of fused-ring (bicyclic) bond motifs is 3. The Morgan fingerprint density at radius 1 is 1.18 bits per heavy atom. The molecule has 5 rings (SSSR count). The number of thioether (sulfide) groups is 1. The topological polar surface area (TPSA) is 87.3 Å². The van der Waals surface area contributed by atoms with Gasteiger partial charge in [0.1, 0.15) is 10.6 Å². The number of ether oxygens (including phenoxy) is 1. The maximum Gasteiger partial charge on any atom is 0.269 e. The third kappa shape index (κ3) is 4.14. The maximum atomic E-state index is 13.8. The molecule has 0 N–H and O–H groups in total. The average molecular weight is 480 g/mol. The van der Waals surface area contributed by atoms with Gasteiger partial charge in [-0.15, -0.1) is 11.3 Å². The Balaban J connectivity index is 1.64. The minimum atomic E-state index is -0.402. The van der Waals surface area contributed by atoms with Crippen LogP contribution in [0.1, 0.15) is 28.8 Å². The molecule has 2 aromatic heterocycles. The summed E-state index contributed by atoms with van der Waals surface area (Å²) in [7, 11) is 1.59. The molecule has 0 amide bonds. The second-order valence-electron chi connectivity index (χ2n) is 7.84. The summed E-state index contributed by atoms with van der Waals surface area (Å²) < 4.78 is 7.03. The van der Waals surface area contributed by atoms with E-state index in [-0.39, 0.29) is 11.2 Å². The molecule has 0 atom stereocenters. The Kier molecular flexibility index (Phi) is 5.90. The maximum absolute atomic E-state index is 13.8. The summed E-state index contributed by atoms with van der Waals surface area (Å²) in [6, 6.07) is 13.9. The first-order valence-electron chi connectivity index (χ1n) is 10.6. The van der Waals surface area contributed by atoms with Crippen LogP contribution in [-0.2, 0) is 18.6 Å². The van der Waals surface area contributed by atoms with Gasteiger partial charge in [-0.2, -0.15) is 0 Å². The normalized spacial score (nSPS) is 13.1. The van der Waals surface area contributed by atoms with Crippen molar-refractivity contribution < 1.29 is 9.66 Å². The summed E-state index contributed by atoms with van der Waals surface area (Å²) in [5, 5.41) is 12.4. The van der Waals surface area contributed by atoms with Gasteiger partial charge in [0.05, 0.1) is 23.1 Å². The summed E-state index contributed by atoms with van der Waals surface area (Å²) in [5.41, 5.74) is 2.60. The van der Waals surface area contributed by atoms with E-state index in [2.05, 4.69) is 0 Å². The highest BCUT2D eigenvalue weighted by Gasteiger charge is 2.23. The quantitative estimate of drug-likeness (QED) is 0.156. The molecule has 0 fully saturated rings. The van der Waals surface area contributed by atoms with E-state index < -0.39 is 4.92 Å². The number of aryl methyl sites for hydroxylation is 2. The smallest absolute Gasteiger partial charge is 0.269 e. The van der Waals surface area contributed by atoms with Gasteiger partial charge in [0.2, 0.25) is 0 Å². The van der Waals surface area contributed by atoms with E-state index in [9.17, 15) is 14.9 Å². The van der Waals surface area contributed by atoms with Crippen LogP contribution in [0.5, 0.6) is 5.75 Å². The molecule has 0 bridgehead atoms. The van der Waals surface area contributed by atoms with Crippen LogP contribution in [0.2, 0.25) is 0 Å². The Hall–Kier alpha value is -3.17. The van der Waals surface area contributed by atoms with Crippen molar-refractivity contribution in [3.05, 3.63) is 85.0 Å². The van der Waals surface area contributed by atoms with Crippen LogP contribution >= 0.6 is 23.1 Å². The van der Waals surface area contributed by atoms with Crippen molar-refractivity contribution >= 4 is 39.0 Å². The lowest BCUT2D eigenvalue weighted by molar-refractivity contribution is -0.384. The molecule has 168 valence electrons. The molecule has 7 nitrogen and oxygen atoms in total. The Labute approximate surface area is 198 Å². The Bertz CT molecular complexity index is 1430. The van der Waals surface area contributed by atoms with Crippen LogP contribution < -0.4 is 10.3 Å². The number of nitro groups is 1. The minimum Gasteiger partial charge on any atom is -0.497 e. The molecule has 0 saturated heterocycles. The van der Waals surface area contributed by atoms with Crippen LogP contribution in [0.25, 0.3) is 15.9 Å². The fraction of sp³-hybridized carbons (Fsp3) is 0.250. The summed E-state index contributed by atoms with van der Waals surface area (Å²) >= 11 is 3.01. The molecule has 1 aliphatic carbocycles. The zero-order chi connectivity index (χ0) is 22.9. The van der Waals surface area contributed by atoms with Crippen molar-refractivity contribution in [1.29, 1.82) is 0 Å². The Morgan fingerprint density at radius 2 is 2.00 bits per heavy atom. The van der Waals surface area contributed by atoms with Crippen LogP contribution in [-0.4, -0.2) is 21.6 Å². The van der Waals surface area contributed by atoms with Gasteiger partial charge < -0.3 is 4.74 Å². The van der Waals surface area contributed by atoms with Gasteiger partial charge in [-0.1, -0.05) is 30.0 Å². The molecule has 0 spiro atoms. The number of rotatable bonds is 6. The highest BCUT2D eigenvalue weighted by Crippen LogP contribution is 2.36. The molecule has 0 saturated carbocycles. The van der Waals surface area contributed by atoms with Gasteiger partial charge in [-0.3, -0.25) is 19.5 Å². The zero-order valence-electron chi connectivity index (χ0n) is 17.9. The number of thiophene rings is 1. The van der Waals surface area contributed by atoms with Gasteiger partial charge in [0.15, 0.2) is 5.16 Å². The molecule has 1 aliphatic rings. The lowest BCUT2D eigenvalue weighted by Gasteiger charge is -2.14. The number of methoxy groups -OCH3 is 1.